The Labute approximate surface area is 275 Å². The number of hydrogen-bond acceptors (Lipinski definition) is 7. The molecule has 1 unspecified atom stereocenters. The van der Waals surface area contributed by atoms with Crippen LogP contribution in [0.2, 0.25) is 0 Å². The number of phosphoric acid groups is 1. The topological polar surface area (TPSA) is 175 Å². The van der Waals surface area contributed by atoms with E-state index < -0.39 is 32.2 Å². The Morgan fingerprint density at radius 3 is 2.30 bits per heavy atom. The van der Waals surface area contributed by atoms with Gasteiger partial charge in [0, 0.05) is 55.6 Å². The standard InChI is InChI=1S/C34H44N3O9P/c38-29-22-28(24-45-47(42,43)44)37(23-29)33(40)16-4-2-9-19-35-32(39)15-3-1-10-20-36-34(41)46-31-21-27-13-6-5-11-25(27)17-18-26-12-7-8-14-30(26)31/h5-8,11-14,28-29,31,38H,1-4,9-10,15-16,19-24H2,(H,35,39)(H,36,41)(H2,42,43,44)/t28-,29+,31?/m0/s1. The number of nitrogens with one attached hydrogen (secondary N) is 2. The normalized spacial score (nSPS) is 18.5. The van der Waals surface area contributed by atoms with Gasteiger partial charge in [0.25, 0.3) is 0 Å². The largest absolute Gasteiger partial charge is 0.469 e. The second-order valence-electron chi connectivity index (χ2n) is 11.9. The van der Waals surface area contributed by atoms with Crippen LogP contribution >= 0.6 is 7.82 Å². The highest BCUT2D eigenvalue weighted by molar-refractivity contribution is 7.46. The fourth-order valence-electron chi connectivity index (χ4n) is 5.79. The summed E-state index contributed by atoms with van der Waals surface area (Å²) in [6, 6.07) is 15.0. The first-order valence-electron chi connectivity index (χ1n) is 16.2. The fourth-order valence-corrected chi connectivity index (χ4v) is 6.15. The molecule has 0 spiro atoms. The zero-order chi connectivity index (χ0) is 33.6. The Balaban J connectivity index is 1.04. The van der Waals surface area contributed by atoms with Crippen LogP contribution < -0.4 is 10.6 Å². The summed E-state index contributed by atoms with van der Waals surface area (Å²) in [7, 11) is -4.65. The predicted octanol–water partition coefficient (Wildman–Crippen LogP) is 3.72. The van der Waals surface area contributed by atoms with Crippen LogP contribution in [0.25, 0.3) is 0 Å². The molecule has 47 heavy (non-hydrogen) atoms. The molecule has 1 saturated heterocycles. The third kappa shape index (κ3) is 12.1. The van der Waals surface area contributed by atoms with Gasteiger partial charge in [-0.2, -0.15) is 0 Å². The molecule has 0 saturated carbocycles. The Kier molecular flexibility index (Phi) is 13.8. The highest BCUT2D eigenvalue weighted by Crippen LogP contribution is 2.37. The third-order valence-electron chi connectivity index (χ3n) is 8.20. The number of carbonyl (C=O) groups excluding carboxylic acids is 3. The Hall–Kier alpha value is -3.72. The van der Waals surface area contributed by atoms with Gasteiger partial charge in [0.1, 0.15) is 6.10 Å². The first-order valence-corrected chi connectivity index (χ1v) is 17.7. The average molecular weight is 670 g/mol. The number of alkyl carbamates (subject to hydrolysis) is 1. The smallest absolute Gasteiger partial charge is 0.441 e. The molecule has 12 nitrogen and oxygen atoms in total. The van der Waals surface area contributed by atoms with Crippen molar-refractivity contribution >= 4 is 25.7 Å². The van der Waals surface area contributed by atoms with Crippen molar-refractivity contribution in [2.75, 3.05) is 26.2 Å². The van der Waals surface area contributed by atoms with E-state index >= 15 is 0 Å². The number of hydrogen-bond donors (Lipinski definition) is 5. The van der Waals surface area contributed by atoms with E-state index in [0.717, 1.165) is 35.1 Å². The van der Waals surface area contributed by atoms with Gasteiger partial charge in [0.2, 0.25) is 11.8 Å². The highest BCUT2D eigenvalue weighted by atomic mass is 31.2. The van der Waals surface area contributed by atoms with Gasteiger partial charge < -0.3 is 35.2 Å². The Morgan fingerprint density at radius 1 is 0.872 bits per heavy atom. The summed E-state index contributed by atoms with van der Waals surface area (Å²) in [4.78, 5) is 56.7. The molecule has 5 N–H and O–H groups in total. The molecule has 3 amide bonds. The van der Waals surface area contributed by atoms with Crippen molar-refractivity contribution in [1.29, 1.82) is 0 Å². The van der Waals surface area contributed by atoms with Crippen molar-refractivity contribution in [1.82, 2.24) is 15.5 Å². The number of rotatable bonds is 16. The minimum atomic E-state index is -4.65. The molecule has 13 heteroatoms. The first kappa shape index (κ1) is 36.1. The molecule has 1 aliphatic heterocycles. The van der Waals surface area contributed by atoms with Crippen LogP contribution in [0.1, 0.15) is 86.1 Å². The summed E-state index contributed by atoms with van der Waals surface area (Å²) in [5, 5.41) is 15.6. The van der Waals surface area contributed by atoms with Crippen molar-refractivity contribution in [2.45, 2.75) is 82.5 Å². The second-order valence-corrected chi connectivity index (χ2v) is 13.1. The Bertz CT molecular complexity index is 1480. The number of β-amino-alcohol motifs (C(OH)–C–C–N with tert-alkyl or cyclic N) is 1. The van der Waals surface area contributed by atoms with Crippen LogP contribution in [0.15, 0.2) is 48.5 Å². The van der Waals surface area contributed by atoms with Crippen LogP contribution in [0.3, 0.4) is 0 Å². The van der Waals surface area contributed by atoms with E-state index in [2.05, 4.69) is 27.0 Å². The summed E-state index contributed by atoms with van der Waals surface area (Å²) in [6.07, 6.45) is 3.89. The molecule has 3 atom stereocenters. The number of amides is 3. The number of ether oxygens (including phenoxy) is 1. The zero-order valence-corrected chi connectivity index (χ0v) is 27.3. The van der Waals surface area contributed by atoms with E-state index in [0.29, 0.717) is 51.6 Å². The molecule has 1 fully saturated rings. The minimum Gasteiger partial charge on any atom is -0.441 e. The molecular weight excluding hydrogens is 625 g/mol. The molecule has 254 valence electrons. The van der Waals surface area contributed by atoms with E-state index in [9.17, 15) is 24.1 Å². The molecule has 2 aliphatic rings. The van der Waals surface area contributed by atoms with Crippen molar-refractivity contribution in [3.8, 4) is 11.8 Å². The maximum atomic E-state index is 12.7. The molecule has 2 aromatic rings. The van der Waals surface area contributed by atoms with Crippen LogP contribution in [-0.2, 0) is 29.8 Å². The zero-order valence-electron chi connectivity index (χ0n) is 26.4. The number of likely N-dealkylation sites (tertiary alicyclic amines) is 1. The molecule has 0 bridgehead atoms. The molecule has 2 aromatic carbocycles. The van der Waals surface area contributed by atoms with E-state index in [1.165, 1.54) is 4.90 Å². The van der Waals surface area contributed by atoms with E-state index in [1.807, 2.05) is 48.5 Å². The highest BCUT2D eigenvalue weighted by Gasteiger charge is 2.35. The predicted molar refractivity (Wildman–Crippen MR) is 174 cm³/mol. The number of aliphatic hydroxyl groups excluding tert-OH is 1. The number of fused-ring (bicyclic) bond motifs is 2. The fraction of sp³-hybridized carbons (Fsp3) is 0.500. The van der Waals surface area contributed by atoms with Gasteiger partial charge >= 0.3 is 13.9 Å². The number of nitrogens with zero attached hydrogens (tertiary/aromatic N) is 1. The summed E-state index contributed by atoms with van der Waals surface area (Å²) in [5.74, 6) is 6.19. The first-order chi connectivity index (χ1) is 22.6. The van der Waals surface area contributed by atoms with Gasteiger partial charge in [-0.1, -0.05) is 61.1 Å². The summed E-state index contributed by atoms with van der Waals surface area (Å²) in [6.45, 7) is 0.731. The lowest BCUT2D eigenvalue weighted by Crippen LogP contribution is -2.38. The van der Waals surface area contributed by atoms with Gasteiger partial charge in [-0.25, -0.2) is 9.36 Å². The number of benzene rings is 2. The number of aliphatic hydroxyl groups is 1. The van der Waals surface area contributed by atoms with E-state index in [4.69, 9.17) is 14.5 Å². The second kappa shape index (κ2) is 18.0. The van der Waals surface area contributed by atoms with Crippen LogP contribution in [0, 0.1) is 11.8 Å². The van der Waals surface area contributed by atoms with Crippen molar-refractivity contribution < 1.29 is 43.1 Å². The third-order valence-corrected chi connectivity index (χ3v) is 8.68. The molecule has 0 aromatic heterocycles. The number of carbonyl (C=O) groups is 3. The molecular formula is C34H44N3O9P. The maximum absolute atomic E-state index is 12.7. The molecule has 1 aliphatic carbocycles. The quantitative estimate of drug-likeness (QED) is 0.101. The van der Waals surface area contributed by atoms with Crippen molar-refractivity contribution in [3.05, 3.63) is 70.8 Å². The number of phosphoric ester groups is 1. The van der Waals surface area contributed by atoms with Gasteiger partial charge in [-0.15, -0.1) is 0 Å². The van der Waals surface area contributed by atoms with E-state index in [1.54, 1.807) is 0 Å². The molecule has 1 heterocycles. The Morgan fingerprint density at radius 2 is 1.53 bits per heavy atom. The van der Waals surface area contributed by atoms with Gasteiger partial charge in [-0.05, 0) is 49.8 Å². The monoisotopic (exact) mass is 669 g/mol. The SMILES string of the molecule is O=C(CCCCCNC(=O)OC1Cc2ccccc2C#Cc2ccccc21)NCCCCCC(=O)N1C[C@H](O)C[C@H]1COP(=O)(O)O. The average Bonchev–Trinajstić information content (AvgIpc) is 3.42. The van der Waals surface area contributed by atoms with E-state index in [-0.39, 0.29) is 37.8 Å². The maximum Gasteiger partial charge on any atom is 0.469 e. The van der Waals surface area contributed by atoms with Gasteiger partial charge in [0.15, 0.2) is 0 Å². The lowest BCUT2D eigenvalue weighted by Gasteiger charge is -2.24. The van der Waals surface area contributed by atoms with Gasteiger partial charge in [-0.3, -0.25) is 14.1 Å². The van der Waals surface area contributed by atoms with Crippen molar-refractivity contribution in [2.24, 2.45) is 0 Å². The van der Waals surface area contributed by atoms with Crippen LogP contribution in [0.4, 0.5) is 4.79 Å². The number of unbranched alkanes of at least 4 members (excludes halogenated alkanes) is 4. The minimum absolute atomic E-state index is 0.0428. The van der Waals surface area contributed by atoms with Crippen molar-refractivity contribution in [3.63, 3.8) is 0 Å². The van der Waals surface area contributed by atoms with Gasteiger partial charge in [0.05, 0.1) is 18.8 Å². The summed E-state index contributed by atoms with van der Waals surface area (Å²) >= 11 is 0. The lowest BCUT2D eigenvalue weighted by molar-refractivity contribution is -0.133. The van der Waals surface area contributed by atoms with Crippen LogP contribution in [-0.4, -0.2) is 76.1 Å². The molecule has 4 rings (SSSR count). The lowest BCUT2D eigenvalue weighted by atomic mass is 9.92. The summed E-state index contributed by atoms with van der Waals surface area (Å²) in [5.41, 5.74) is 3.69. The van der Waals surface area contributed by atoms with Crippen LogP contribution in [0.5, 0.6) is 0 Å². The molecule has 0 radical (unpaired) electrons. The summed E-state index contributed by atoms with van der Waals surface area (Å²) < 4.78 is 21.4.